The van der Waals surface area contributed by atoms with Crippen molar-refractivity contribution in [3.8, 4) is 0 Å². The largest absolute Gasteiger partial charge is 0.250 e. The maximum absolute atomic E-state index is 5.99. The number of benzene rings is 1. The third-order valence-electron chi connectivity index (χ3n) is 2.03. The van der Waals surface area contributed by atoms with Crippen molar-refractivity contribution in [2.75, 3.05) is 0 Å². The molecule has 82 valence electrons. The summed E-state index contributed by atoms with van der Waals surface area (Å²) in [5, 5.41) is 11.5. The predicted octanol–water partition coefficient (Wildman–Crippen LogP) is 2.78. The van der Waals surface area contributed by atoms with Crippen molar-refractivity contribution in [3.63, 3.8) is 0 Å². The van der Waals surface area contributed by atoms with E-state index in [-0.39, 0.29) is 0 Å². The van der Waals surface area contributed by atoms with Crippen molar-refractivity contribution < 1.29 is 0 Å². The summed E-state index contributed by atoms with van der Waals surface area (Å²) in [5.41, 5.74) is 0.840. The highest BCUT2D eigenvalue weighted by Gasteiger charge is 1.98. The van der Waals surface area contributed by atoms with Crippen molar-refractivity contribution in [1.82, 2.24) is 14.9 Å². The molecule has 2 aromatic rings. The smallest absolute Gasteiger partial charge is 0.216 e. The molecule has 0 atom stereocenters. The topological polar surface area (TPSA) is 46.0 Å². The molecule has 0 saturated heterocycles. The Morgan fingerprint density at radius 2 is 2.25 bits per heavy atom. The lowest BCUT2D eigenvalue weighted by atomic mass is 10.2. The molecule has 0 aliphatic rings. The molecule has 2 rings (SSSR count). The van der Waals surface area contributed by atoms with Crippen LogP contribution in [0.15, 0.2) is 29.4 Å². The van der Waals surface area contributed by atoms with E-state index in [1.807, 2.05) is 31.2 Å². The molecule has 1 aromatic heterocycles. The van der Waals surface area contributed by atoms with Crippen LogP contribution >= 0.6 is 23.8 Å². The second kappa shape index (κ2) is 4.59. The first-order valence-electron chi connectivity index (χ1n) is 4.61. The summed E-state index contributed by atoms with van der Waals surface area (Å²) in [4.78, 5) is 0. The van der Waals surface area contributed by atoms with Crippen LogP contribution in [-0.2, 0) is 0 Å². The van der Waals surface area contributed by atoms with Gasteiger partial charge in [-0.1, -0.05) is 29.8 Å². The van der Waals surface area contributed by atoms with Gasteiger partial charge in [0.05, 0.1) is 6.21 Å². The molecule has 16 heavy (non-hydrogen) atoms. The first-order valence-corrected chi connectivity index (χ1v) is 5.40. The van der Waals surface area contributed by atoms with E-state index in [2.05, 4.69) is 15.3 Å². The maximum Gasteiger partial charge on any atom is 0.216 e. The fourth-order valence-electron chi connectivity index (χ4n) is 1.21. The highest BCUT2D eigenvalue weighted by molar-refractivity contribution is 7.71. The molecule has 0 aliphatic heterocycles. The van der Waals surface area contributed by atoms with Gasteiger partial charge < -0.3 is 0 Å². The quantitative estimate of drug-likeness (QED) is 0.660. The Hall–Kier alpha value is -1.46. The maximum atomic E-state index is 5.99. The number of rotatable bonds is 2. The number of hydrogen-bond acceptors (Lipinski definition) is 3. The van der Waals surface area contributed by atoms with E-state index in [0.717, 1.165) is 5.56 Å². The van der Waals surface area contributed by atoms with Gasteiger partial charge in [-0.3, -0.25) is 5.10 Å². The summed E-state index contributed by atoms with van der Waals surface area (Å²) < 4.78 is 2.00. The van der Waals surface area contributed by atoms with Crippen molar-refractivity contribution >= 4 is 30.0 Å². The van der Waals surface area contributed by atoms with Crippen LogP contribution in [-0.4, -0.2) is 21.1 Å². The minimum atomic E-state index is 0.459. The highest BCUT2D eigenvalue weighted by atomic mass is 35.5. The molecule has 1 N–H and O–H groups in total. The van der Waals surface area contributed by atoms with Gasteiger partial charge in [0, 0.05) is 10.6 Å². The molecule has 1 heterocycles. The number of aromatic nitrogens is 3. The van der Waals surface area contributed by atoms with E-state index in [1.165, 1.54) is 0 Å². The number of hydrogen-bond donors (Lipinski definition) is 1. The zero-order valence-electron chi connectivity index (χ0n) is 8.51. The van der Waals surface area contributed by atoms with Crippen LogP contribution in [0.2, 0.25) is 5.02 Å². The zero-order valence-corrected chi connectivity index (χ0v) is 10.1. The molecular weight excluding hydrogens is 244 g/mol. The number of nitrogens with zero attached hydrogens (tertiary/aromatic N) is 3. The highest BCUT2D eigenvalue weighted by Crippen LogP contribution is 2.12. The second-order valence-electron chi connectivity index (χ2n) is 3.15. The van der Waals surface area contributed by atoms with Gasteiger partial charge in [-0.2, -0.15) is 14.9 Å². The van der Waals surface area contributed by atoms with Crippen LogP contribution in [0.25, 0.3) is 0 Å². The minimum Gasteiger partial charge on any atom is -0.250 e. The van der Waals surface area contributed by atoms with Gasteiger partial charge in [0.25, 0.3) is 0 Å². The number of halogens is 1. The number of nitrogens with one attached hydrogen (secondary N) is 1. The van der Waals surface area contributed by atoms with Gasteiger partial charge in [0.1, 0.15) is 5.82 Å². The van der Waals surface area contributed by atoms with Crippen LogP contribution in [0.4, 0.5) is 0 Å². The molecule has 0 unspecified atom stereocenters. The van der Waals surface area contributed by atoms with E-state index in [1.54, 1.807) is 10.9 Å². The molecule has 0 aliphatic carbocycles. The Labute approximate surface area is 103 Å². The molecule has 0 amide bonds. The lowest BCUT2D eigenvalue weighted by molar-refractivity contribution is 0.821. The monoisotopic (exact) mass is 252 g/mol. The fourth-order valence-corrected chi connectivity index (χ4v) is 1.62. The van der Waals surface area contributed by atoms with Gasteiger partial charge in [0.15, 0.2) is 0 Å². The van der Waals surface area contributed by atoms with Gasteiger partial charge in [-0.15, -0.1) is 0 Å². The summed E-state index contributed by atoms with van der Waals surface area (Å²) in [6.45, 7) is 1.82. The van der Waals surface area contributed by atoms with E-state index < -0.39 is 0 Å². The van der Waals surface area contributed by atoms with E-state index in [4.69, 9.17) is 23.8 Å². The van der Waals surface area contributed by atoms with Crippen LogP contribution < -0.4 is 0 Å². The van der Waals surface area contributed by atoms with Crippen LogP contribution in [0.1, 0.15) is 11.4 Å². The number of H-pyrrole nitrogens is 1. The molecule has 1 aromatic carbocycles. The van der Waals surface area contributed by atoms with Crippen LogP contribution in [0.3, 0.4) is 0 Å². The van der Waals surface area contributed by atoms with Gasteiger partial charge in [-0.05, 0) is 25.2 Å². The van der Waals surface area contributed by atoms with E-state index in [9.17, 15) is 0 Å². The van der Waals surface area contributed by atoms with Gasteiger partial charge >= 0.3 is 0 Å². The normalized spacial score (nSPS) is 11.1. The van der Waals surface area contributed by atoms with Crippen LogP contribution in [0, 0.1) is 11.7 Å². The third kappa shape index (κ3) is 2.20. The molecule has 0 radical (unpaired) electrons. The van der Waals surface area contributed by atoms with Gasteiger partial charge in [-0.25, -0.2) is 0 Å². The summed E-state index contributed by atoms with van der Waals surface area (Å²) in [6, 6.07) is 7.46. The Morgan fingerprint density at radius 3 is 2.88 bits per heavy atom. The molecule has 0 spiro atoms. The van der Waals surface area contributed by atoms with Crippen molar-refractivity contribution in [2.24, 2.45) is 5.10 Å². The fraction of sp³-hybridized carbons (Fsp3) is 0.100. The Bertz CT molecular complexity index is 585. The van der Waals surface area contributed by atoms with Gasteiger partial charge in [0.2, 0.25) is 4.77 Å². The van der Waals surface area contributed by atoms with Crippen molar-refractivity contribution in [1.29, 1.82) is 0 Å². The zero-order chi connectivity index (χ0) is 11.5. The summed E-state index contributed by atoms with van der Waals surface area (Å²) in [7, 11) is 0. The lowest BCUT2D eigenvalue weighted by Crippen LogP contribution is -1.94. The third-order valence-corrected chi connectivity index (χ3v) is 2.64. The second-order valence-corrected chi connectivity index (χ2v) is 3.95. The Balaban J connectivity index is 2.36. The van der Waals surface area contributed by atoms with Crippen molar-refractivity contribution in [2.45, 2.75) is 6.92 Å². The first-order chi connectivity index (χ1) is 7.68. The average Bonchev–Trinajstić information content (AvgIpc) is 2.58. The lowest BCUT2D eigenvalue weighted by Gasteiger charge is -1.97. The molecule has 0 saturated carbocycles. The van der Waals surface area contributed by atoms with Crippen LogP contribution in [0.5, 0.6) is 0 Å². The molecule has 0 fully saturated rings. The number of aryl methyl sites for hydroxylation is 1. The summed E-state index contributed by atoms with van der Waals surface area (Å²) in [5.74, 6) is 0.702. The Morgan fingerprint density at radius 1 is 1.50 bits per heavy atom. The predicted molar refractivity (Wildman–Crippen MR) is 66.6 cm³/mol. The molecular formula is C10H9ClN4S. The first kappa shape index (κ1) is 11.0. The van der Waals surface area contributed by atoms with Crippen molar-refractivity contribution in [3.05, 3.63) is 45.4 Å². The SMILES string of the molecule is Cc1n[nH]c(=S)n1N=Cc1ccccc1Cl. The molecule has 0 bridgehead atoms. The summed E-state index contributed by atoms with van der Waals surface area (Å²) >= 11 is 11.0. The molecule has 4 nitrogen and oxygen atoms in total. The molecule has 6 heteroatoms. The summed E-state index contributed by atoms with van der Waals surface area (Å²) in [6.07, 6.45) is 1.65. The minimum absolute atomic E-state index is 0.459. The Kier molecular flexibility index (Phi) is 3.17. The average molecular weight is 253 g/mol. The van der Waals surface area contributed by atoms with E-state index in [0.29, 0.717) is 15.6 Å². The number of aromatic amines is 1. The van der Waals surface area contributed by atoms with E-state index >= 15 is 0 Å². The standard InChI is InChI=1S/C10H9ClN4S/c1-7-13-14-10(16)15(7)12-6-8-4-2-3-5-9(8)11/h2-6H,1H3,(H,14,16).